The van der Waals surface area contributed by atoms with Crippen LogP contribution in [0.25, 0.3) is 0 Å². The molecular weight excluding hydrogens is 1020 g/mol. The highest BCUT2D eigenvalue weighted by atomic mass is 16.4. The summed E-state index contributed by atoms with van der Waals surface area (Å²) < 4.78 is -0.263. The van der Waals surface area contributed by atoms with Crippen molar-refractivity contribution in [2.75, 3.05) is 97.5 Å². The number of rotatable bonds is 34. The second-order valence-electron chi connectivity index (χ2n) is 21.8. The molecular formula is C51H77N11O16+4. The molecule has 1 aromatic carbocycles. The zero-order valence-corrected chi connectivity index (χ0v) is 44.5. The maximum absolute atomic E-state index is 13.0. The number of nitrogens with one attached hydrogen (secondary N) is 3. The highest BCUT2D eigenvalue weighted by Gasteiger charge is 3.01. The largest absolute Gasteiger partial charge is 0.483 e. The number of anilines is 1. The summed E-state index contributed by atoms with van der Waals surface area (Å²) in [7, 11) is 3.71. The van der Waals surface area contributed by atoms with Crippen LogP contribution < -0.4 is 20.9 Å². The minimum Gasteiger partial charge on any atom is -0.481 e. The van der Waals surface area contributed by atoms with Gasteiger partial charge in [0.25, 0.3) is 0 Å². The number of carboxylic acid groups (broad SMARTS) is 7. The number of nitrogens with zero attached hydrogens (tertiary/aromatic N) is 8. The van der Waals surface area contributed by atoms with Crippen LogP contribution in [0.4, 0.5) is 10.7 Å². The van der Waals surface area contributed by atoms with Gasteiger partial charge in [0, 0.05) is 52.7 Å². The summed E-state index contributed by atoms with van der Waals surface area (Å²) >= 11 is 0. The summed E-state index contributed by atoms with van der Waals surface area (Å²) in [6.45, 7) is 0.908. The molecule has 0 saturated carbocycles. The number of aryl methyl sites for hydroxylation is 1. The Morgan fingerprint density at radius 3 is 1.65 bits per heavy atom. The van der Waals surface area contributed by atoms with Gasteiger partial charge in [0.1, 0.15) is 69.5 Å². The first-order chi connectivity index (χ1) is 36.9. The van der Waals surface area contributed by atoms with E-state index in [1.807, 2.05) is 43.3 Å². The molecule has 0 aliphatic carbocycles. The summed E-state index contributed by atoms with van der Waals surface area (Å²) in [6.07, 6.45) is 6.89. The van der Waals surface area contributed by atoms with Crippen molar-refractivity contribution in [1.82, 2.24) is 30.9 Å². The van der Waals surface area contributed by atoms with Gasteiger partial charge in [-0.1, -0.05) is 49.9 Å². The molecule has 1 aromatic heterocycles. The summed E-state index contributed by atoms with van der Waals surface area (Å²) in [5, 5.41) is 76.4. The van der Waals surface area contributed by atoms with Crippen LogP contribution in [0.2, 0.25) is 0 Å². The highest BCUT2D eigenvalue weighted by Crippen LogP contribution is 2.64. The van der Waals surface area contributed by atoms with Crippen LogP contribution in [0.1, 0.15) is 99.8 Å². The number of benzene rings is 1. The minimum atomic E-state index is -1.50. The van der Waals surface area contributed by atoms with E-state index >= 15 is 0 Å². The number of aliphatic carboxylic acids is 7. The van der Waals surface area contributed by atoms with E-state index < -0.39 is 78.3 Å². The van der Waals surface area contributed by atoms with Gasteiger partial charge in [0.05, 0.1) is 0 Å². The molecule has 27 heteroatoms. The lowest BCUT2D eigenvalue weighted by Gasteiger charge is -2.50. The molecule has 6 rings (SSSR count). The molecule has 3 amide bonds. The second kappa shape index (κ2) is 25.6. The molecule has 2 aromatic rings. The van der Waals surface area contributed by atoms with Crippen LogP contribution in [0.15, 0.2) is 24.3 Å². The molecule has 4 unspecified atom stereocenters. The third-order valence-electron chi connectivity index (χ3n) is 16.5. The van der Waals surface area contributed by atoms with Crippen molar-refractivity contribution >= 4 is 59.7 Å². The number of carbonyl (C=O) groups excluding carboxylic acids is 2. The first kappa shape index (κ1) is 60.1. The number of urea groups is 1. The van der Waals surface area contributed by atoms with E-state index in [0.29, 0.717) is 102 Å². The fourth-order valence-corrected chi connectivity index (χ4v) is 13.7. The van der Waals surface area contributed by atoms with E-state index in [9.17, 15) is 73.8 Å². The van der Waals surface area contributed by atoms with E-state index in [4.69, 9.17) is 15.1 Å². The van der Waals surface area contributed by atoms with Gasteiger partial charge in [0.2, 0.25) is 11.9 Å². The average Bonchev–Trinajstić information content (AvgIpc) is 2.11. The lowest BCUT2D eigenvalue weighted by Crippen LogP contribution is -2.86. The molecule has 5 heterocycles. The van der Waals surface area contributed by atoms with Crippen LogP contribution in [-0.2, 0) is 57.6 Å². The topological polar surface area (TPSA) is 373 Å². The van der Waals surface area contributed by atoms with Gasteiger partial charge in [-0.15, -0.1) is 17.9 Å². The molecule has 4 saturated heterocycles. The smallest absolute Gasteiger partial charge is 0.481 e. The lowest BCUT2D eigenvalue weighted by atomic mass is 10.0. The average molecular weight is 1100 g/mol. The van der Waals surface area contributed by atoms with Crippen molar-refractivity contribution in [1.29, 1.82) is 0 Å². The summed E-state index contributed by atoms with van der Waals surface area (Å²) in [6, 6.07) is 3.57. The summed E-state index contributed by atoms with van der Waals surface area (Å²) in [4.78, 5) is 126. The number of aromatic nitrogens is 3. The third-order valence-corrected chi connectivity index (χ3v) is 16.5. The number of unbranched alkanes of at least 4 members (excludes halogenated alkanes) is 6. The first-order valence-corrected chi connectivity index (χ1v) is 26.7. The van der Waals surface area contributed by atoms with Gasteiger partial charge in [-0.25, -0.2) is 38.5 Å². The predicted octanol–water partition coefficient (Wildman–Crippen LogP) is 0.341. The van der Waals surface area contributed by atoms with E-state index in [1.165, 1.54) is 0 Å². The zero-order chi connectivity index (χ0) is 57.1. The van der Waals surface area contributed by atoms with Gasteiger partial charge in [0.15, 0.2) is 32.2 Å². The number of amides is 3. The fraction of sp³-hybridized carbons (Fsp3) is 0.647. The van der Waals surface area contributed by atoms with Crippen molar-refractivity contribution in [3.8, 4) is 0 Å². The van der Waals surface area contributed by atoms with E-state index in [0.717, 1.165) is 43.2 Å². The molecule has 0 radical (unpaired) electrons. The van der Waals surface area contributed by atoms with Crippen molar-refractivity contribution < 1.29 is 96.8 Å². The molecule has 0 bridgehead atoms. The number of carboxylic acids is 7. The second-order valence-corrected chi connectivity index (χ2v) is 21.8. The normalized spacial score (nSPS) is 25.3. The Kier molecular flexibility index (Phi) is 19.7. The maximum atomic E-state index is 13.0. The molecule has 27 nitrogen and oxygen atoms in total. The Morgan fingerprint density at radius 2 is 1.09 bits per heavy atom. The monoisotopic (exact) mass is 1100 g/mol. The van der Waals surface area contributed by atoms with Crippen LogP contribution in [0.3, 0.4) is 0 Å². The molecule has 1 spiro atoms. The van der Waals surface area contributed by atoms with E-state index in [1.54, 1.807) is 0 Å². The Bertz CT molecular complexity index is 2540. The first-order valence-electron chi connectivity index (χ1n) is 26.7. The van der Waals surface area contributed by atoms with Gasteiger partial charge in [-0.05, 0) is 49.7 Å². The SMILES string of the molecule is CN(C)c1nc(CCCCCCCCC(=O)NCCCC[C@H](NC(=O)N[C@@H](CCC(=O)O)C(=O)O)C(=O)O)nc(Cc2ccc(CC3C[N@@+]4(CC(=O)O)CC[N+]5(CC(=O)O)CC[N+]6(CC(=O)O)CC[N+]3(CC(=O)O)[C@@]654)cc2)n1. The lowest BCUT2D eigenvalue weighted by molar-refractivity contribution is -1.36. The van der Waals surface area contributed by atoms with Crippen molar-refractivity contribution in [3.63, 3.8) is 0 Å². The number of carbonyl (C=O) groups is 9. The Balaban J connectivity index is 0.971. The highest BCUT2D eigenvalue weighted by molar-refractivity contribution is 5.86. The van der Waals surface area contributed by atoms with Crippen LogP contribution in [-0.4, -0.2) is 239 Å². The van der Waals surface area contributed by atoms with Crippen molar-refractivity contribution in [2.24, 2.45) is 0 Å². The number of hydrogen-bond donors (Lipinski definition) is 10. The predicted molar refractivity (Wildman–Crippen MR) is 273 cm³/mol. The van der Waals surface area contributed by atoms with Gasteiger partial charge in [-0.3, -0.25) is 9.59 Å². The number of hydrogen-bond acceptors (Lipinski definition) is 13. The summed E-state index contributed by atoms with van der Waals surface area (Å²) in [5.74, 6) is -8.10. The van der Waals surface area contributed by atoms with Crippen LogP contribution >= 0.6 is 0 Å². The molecule has 4 aliphatic rings. The third kappa shape index (κ3) is 13.2. The van der Waals surface area contributed by atoms with Crippen molar-refractivity contribution in [2.45, 2.75) is 120 Å². The Labute approximate surface area is 451 Å². The van der Waals surface area contributed by atoms with Gasteiger partial charge >= 0.3 is 53.7 Å². The molecule has 4 fully saturated rings. The maximum Gasteiger partial charge on any atom is 0.483 e. The molecule has 78 heavy (non-hydrogen) atoms. The fourth-order valence-electron chi connectivity index (χ4n) is 13.7. The molecule has 428 valence electrons. The van der Waals surface area contributed by atoms with E-state index in [2.05, 4.69) is 20.9 Å². The van der Waals surface area contributed by atoms with Crippen LogP contribution in [0, 0.1) is 0 Å². The molecule has 10 N–H and O–H groups in total. The molecule has 8 atom stereocenters. The standard InChI is InChI=1S/C51H73N11O16/c1-58(2)49-56-39(12-7-5-3-4-6-8-13-41(63)52-20-10-9-11-37(47(74)75)53-50(78)54-38(48(76)77)18-19-42(64)65)55-40(57-49)28-35-16-14-34(15-17-35)27-36-29-61(32-45(70)71)24-23-59(30-43(66)67)21-22-60(31-44(68)69)25-26-62(36,33-46(72)73)51(59,60)61/h14-17,36-38H,3-13,18-33H2,1-2H3,(H6-4,52,53,54,63,64,65,66,67,68,69,70,71,72,73,74,75,76,77,78)/p+4/t36?,37-,38-,51+,59?,60?,61+,62?/m0/s1. The van der Waals surface area contributed by atoms with Crippen molar-refractivity contribution in [3.05, 3.63) is 47.0 Å². The Hall–Kier alpha value is -7.10. The minimum absolute atomic E-state index is 0.0275. The van der Waals surface area contributed by atoms with Gasteiger partial charge < -0.3 is 56.6 Å². The Morgan fingerprint density at radius 1 is 0.577 bits per heavy atom. The quantitative estimate of drug-likeness (QED) is 0.0334. The summed E-state index contributed by atoms with van der Waals surface area (Å²) in [5.41, 5.74) is 1.81. The zero-order valence-electron chi connectivity index (χ0n) is 44.5. The van der Waals surface area contributed by atoms with E-state index in [-0.39, 0.29) is 75.9 Å². The van der Waals surface area contributed by atoms with Crippen LogP contribution in [0.5, 0.6) is 0 Å². The number of quaternary nitrogens is 4. The molecule has 4 aliphatic heterocycles. The van der Waals surface area contributed by atoms with Gasteiger partial charge in [-0.2, -0.15) is 9.97 Å².